The van der Waals surface area contributed by atoms with Gasteiger partial charge in [0, 0.05) is 6.42 Å². The minimum absolute atomic E-state index is 0.00648. The van der Waals surface area contributed by atoms with Gasteiger partial charge >= 0.3 is 0 Å². The molecule has 0 aliphatic carbocycles. The first kappa shape index (κ1) is 15.3. The van der Waals surface area contributed by atoms with Crippen LogP contribution in [-0.2, 0) is 10.7 Å². The number of nitrogens with one attached hydrogen (secondary N) is 1. The van der Waals surface area contributed by atoms with Gasteiger partial charge in [0.1, 0.15) is 6.23 Å². The van der Waals surface area contributed by atoms with E-state index in [9.17, 15) is 35.1 Å². The van der Waals surface area contributed by atoms with Crippen molar-refractivity contribution in [1.82, 2.24) is 10.2 Å². The average Bonchev–Trinajstić information content (AvgIpc) is 2.64. The summed E-state index contributed by atoms with van der Waals surface area (Å²) in [7, 11) is 0. The first-order valence-corrected chi connectivity index (χ1v) is 6.77. The molecule has 0 radical (unpaired) electrons. The van der Waals surface area contributed by atoms with E-state index in [1.165, 1.54) is 0 Å². The van der Waals surface area contributed by atoms with Crippen molar-refractivity contribution >= 4 is 17.5 Å². The molecule has 2 unspecified atom stereocenters. The number of piperidine rings is 1. The molecule has 124 valence electrons. The Morgan fingerprint density at radius 3 is 2.57 bits per heavy atom. The number of anilines is 1. The molecule has 3 rings (SSSR count). The van der Waals surface area contributed by atoms with Crippen LogP contribution in [0.15, 0.2) is 6.07 Å². The third-order valence-electron chi connectivity index (χ3n) is 4.11. The predicted molar refractivity (Wildman–Crippen MR) is 73.6 cm³/mol. The normalized spacial score (nSPS) is 26.1. The number of amides is 2. The van der Waals surface area contributed by atoms with E-state index >= 15 is 0 Å². The number of hydrogen-bond donors (Lipinski definition) is 7. The summed E-state index contributed by atoms with van der Waals surface area (Å²) < 4.78 is 0. The number of phenols is 2. The van der Waals surface area contributed by atoms with Gasteiger partial charge in [-0.25, -0.2) is 0 Å². The van der Waals surface area contributed by atoms with Crippen LogP contribution in [0.2, 0.25) is 0 Å². The molecule has 1 saturated heterocycles. The molecule has 0 spiro atoms. The van der Waals surface area contributed by atoms with Gasteiger partial charge in [0.15, 0.2) is 11.5 Å². The maximum Gasteiger partial charge on any atom is 0.281 e. The van der Waals surface area contributed by atoms with Crippen LogP contribution in [-0.4, -0.2) is 54.5 Å². The van der Waals surface area contributed by atoms with Gasteiger partial charge in [-0.3, -0.25) is 14.5 Å². The van der Waals surface area contributed by atoms with Crippen molar-refractivity contribution in [3.63, 3.8) is 0 Å². The van der Waals surface area contributed by atoms with Gasteiger partial charge in [0.05, 0.1) is 22.9 Å². The third-order valence-corrected chi connectivity index (χ3v) is 4.11. The Kier molecular flexibility index (Phi) is 3.15. The zero-order valence-electron chi connectivity index (χ0n) is 11.7. The highest BCUT2D eigenvalue weighted by Gasteiger charge is 2.55. The maximum absolute atomic E-state index is 12.5. The molecule has 23 heavy (non-hydrogen) atoms. The number of phenolic OH excluding ortho intramolecular Hbond substituents is 2. The second-order valence-corrected chi connectivity index (χ2v) is 5.51. The van der Waals surface area contributed by atoms with Crippen LogP contribution in [0, 0.1) is 0 Å². The van der Waals surface area contributed by atoms with Gasteiger partial charge in [-0.2, -0.15) is 0 Å². The Morgan fingerprint density at radius 2 is 1.96 bits per heavy atom. The SMILES string of the molecule is Nc1c(O)c(O)cc2c1C(O)(O)N(C1CCC(=O)NC1O)C2=O. The van der Waals surface area contributed by atoms with Crippen molar-refractivity contribution in [3.8, 4) is 11.5 Å². The zero-order chi connectivity index (χ0) is 17.1. The quantitative estimate of drug-likeness (QED) is 0.173. The zero-order valence-corrected chi connectivity index (χ0v) is 11.7. The molecule has 2 heterocycles. The summed E-state index contributed by atoms with van der Waals surface area (Å²) in [6.07, 6.45) is -1.53. The monoisotopic (exact) mass is 325 g/mol. The summed E-state index contributed by atoms with van der Waals surface area (Å²) >= 11 is 0. The van der Waals surface area contributed by atoms with Crippen LogP contribution < -0.4 is 11.1 Å². The maximum atomic E-state index is 12.5. The Hall–Kier alpha value is -2.56. The summed E-state index contributed by atoms with van der Waals surface area (Å²) in [6, 6.07) is -0.260. The van der Waals surface area contributed by atoms with Crippen molar-refractivity contribution < 1.29 is 35.1 Å². The van der Waals surface area contributed by atoms with E-state index in [-0.39, 0.29) is 18.4 Å². The smallest absolute Gasteiger partial charge is 0.281 e. The van der Waals surface area contributed by atoms with Gasteiger partial charge < -0.3 is 36.6 Å². The van der Waals surface area contributed by atoms with Gasteiger partial charge in [0.25, 0.3) is 11.8 Å². The summed E-state index contributed by atoms with van der Waals surface area (Å²) in [4.78, 5) is 24.3. The summed E-state index contributed by atoms with van der Waals surface area (Å²) in [6.45, 7) is 0. The fourth-order valence-electron chi connectivity index (χ4n) is 3.02. The standard InChI is InChI=1S/C13H15N3O7/c14-9-8-4(3-6(17)10(9)19)12(21)16(13(8,22)23)5-1-2-7(18)15-11(5)20/h3,5,11,17,19-20,22-23H,1-2,14H2,(H,15,18). The molecule has 2 aliphatic rings. The van der Waals surface area contributed by atoms with E-state index in [0.717, 1.165) is 6.07 Å². The topological polar surface area (TPSA) is 177 Å². The van der Waals surface area contributed by atoms with E-state index in [1.807, 2.05) is 0 Å². The van der Waals surface area contributed by atoms with Crippen LogP contribution in [0.1, 0.15) is 28.8 Å². The van der Waals surface area contributed by atoms with Crippen LogP contribution >= 0.6 is 0 Å². The highest BCUT2D eigenvalue weighted by Crippen LogP contribution is 2.47. The number of carbonyl (C=O) groups is 2. The molecule has 2 amide bonds. The number of rotatable bonds is 1. The lowest BCUT2D eigenvalue weighted by Crippen LogP contribution is -2.60. The molecule has 2 aliphatic heterocycles. The Morgan fingerprint density at radius 1 is 1.30 bits per heavy atom. The van der Waals surface area contributed by atoms with Crippen molar-refractivity contribution in [1.29, 1.82) is 0 Å². The molecule has 10 heteroatoms. The van der Waals surface area contributed by atoms with E-state index in [1.54, 1.807) is 0 Å². The van der Waals surface area contributed by atoms with E-state index in [2.05, 4.69) is 5.32 Å². The lowest BCUT2D eigenvalue weighted by Gasteiger charge is -2.40. The summed E-state index contributed by atoms with van der Waals surface area (Å²) in [5.41, 5.74) is 4.22. The molecule has 10 nitrogen and oxygen atoms in total. The van der Waals surface area contributed by atoms with E-state index in [4.69, 9.17) is 5.73 Å². The van der Waals surface area contributed by atoms with Crippen LogP contribution in [0.5, 0.6) is 11.5 Å². The molecule has 0 saturated carbocycles. The molecule has 0 bridgehead atoms. The molecule has 1 fully saturated rings. The van der Waals surface area contributed by atoms with E-state index in [0.29, 0.717) is 4.90 Å². The van der Waals surface area contributed by atoms with Crippen LogP contribution in [0.4, 0.5) is 5.69 Å². The minimum atomic E-state index is -2.91. The van der Waals surface area contributed by atoms with Crippen molar-refractivity contribution in [2.45, 2.75) is 31.0 Å². The molecule has 2 atom stereocenters. The molecule has 1 aromatic rings. The fraction of sp³-hybridized carbons (Fsp3) is 0.385. The number of nitrogens with two attached hydrogens (primary N) is 1. The minimum Gasteiger partial charge on any atom is -0.504 e. The second-order valence-electron chi connectivity index (χ2n) is 5.51. The molecular weight excluding hydrogens is 310 g/mol. The number of aromatic hydroxyl groups is 2. The molecular formula is C13H15N3O7. The highest BCUT2D eigenvalue weighted by atomic mass is 16.5. The van der Waals surface area contributed by atoms with E-state index < -0.39 is 52.7 Å². The number of hydrogen-bond acceptors (Lipinski definition) is 8. The van der Waals surface area contributed by atoms with Crippen LogP contribution in [0.25, 0.3) is 0 Å². The molecule has 8 N–H and O–H groups in total. The number of aliphatic hydroxyl groups is 3. The van der Waals surface area contributed by atoms with Gasteiger partial charge in [-0.05, 0) is 12.5 Å². The number of nitrogens with zero attached hydrogens (tertiary/aromatic N) is 1. The Bertz CT molecular complexity index is 718. The lowest BCUT2D eigenvalue weighted by molar-refractivity contribution is -0.268. The fourth-order valence-corrected chi connectivity index (χ4v) is 3.02. The molecule has 1 aromatic carbocycles. The van der Waals surface area contributed by atoms with Crippen molar-refractivity contribution in [2.24, 2.45) is 0 Å². The van der Waals surface area contributed by atoms with Crippen molar-refractivity contribution in [2.75, 3.05) is 5.73 Å². The van der Waals surface area contributed by atoms with Gasteiger partial charge in [-0.15, -0.1) is 0 Å². The number of carbonyl (C=O) groups excluding carboxylic acids is 2. The highest BCUT2D eigenvalue weighted by molar-refractivity contribution is 6.02. The predicted octanol–water partition coefficient (Wildman–Crippen LogP) is -2.17. The summed E-state index contributed by atoms with van der Waals surface area (Å²) in [5, 5.41) is 52.1. The number of benzene rings is 1. The first-order valence-electron chi connectivity index (χ1n) is 6.77. The Balaban J connectivity index is 2.10. The van der Waals surface area contributed by atoms with Crippen molar-refractivity contribution in [3.05, 3.63) is 17.2 Å². The molecule has 0 aromatic heterocycles. The average molecular weight is 325 g/mol. The van der Waals surface area contributed by atoms with Gasteiger partial charge in [0.2, 0.25) is 5.91 Å². The lowest BCUT2D eigenvalue weighted by atomic mass is 10.0. The Labute approximate surface area is 129 Å². The van der Waals surface area contributed by atoms with Crippen LogP contribution in [0.3, 0.4) is 0 Å². The largest absolute Gasteiger partial charge is 0.504 e. The number of aliphatic hydroxyl groups excluding tert-OH is 1. The first-order chi connectivity index (χ1) is 10.7. The summed E-state index contributed by atoms with van der Waals surface area (Å²) in [5.74, 6) is -5.73. The number of fused-ring (bicyclic) bond motifs is 1. The second kappa shape index (κ2) is 4.72. The third kappa shape index (κ3) is 2.00. The number of nitrogen functional groups attached to an aromatic ring is 1. The van der Waals surface area contributed by atoms with Gasteiger partial charge in [-0.1, -0.05) is 0 Å².